The number of aromatic nitrogens is 1. The van der Waals surface area contributed by atoms with Crippen molar-refractivity contribution in [1.82, 2.24) is 14.8 Å². The van der Waals surface area contributed by atoms with Gasteiger partial charge in [0.1, 0.15) is 17.3 Å². The Hall–Kier alpha value is -2.93. The summed E-state index contributed by atoms with van der Waals surface area (Å²) in [6.45, 7) is 6.19. The molecule has 5 rings (SSSR count). The second-order valence-electron chi connectivity index (χ2n) is 8.60. The fourth-order valence-electron chi connectivity index (χ4n) is 4.75. The zero-order chi connectivity index (χ0) is 21.8. The molecule has 0 saturated carbocycles. The number of pyridine rings is 1. The molecule has 2 aromatic carbocycles. The first-order valence-electron chi connectivity index (χ1n) is 11.4. The highest BCUT2D eigenvalue weighted by atomic mass is 16.5. The molecule has 1 N–H and O–H groups in total. The molecule has 1 aromatic heterocycles. The summed E-state index contributed by atoms with van der Waals surface area (Å²) in [5, 5.41) is 10.8. The lowest BCUT2D eigenvalue weighted by Crippen LogP contribution is -2.53. The van der Waals surface area contributed by atoms with Crippen molar-refractivity contribution in [2.75, 3.05) is 44.2 Å². The predicted molar refractivity (Wildman–Crippen MR) is 126 cm³/mol. The number of nitrogens with zero attached hydrogens (tertiary/aromatic N) is 4. The lowest BCUT2D eigenvalue weighted by atomic mass is 10.1. The second-order valence-corrected chi connectivity index (χ2v) is 8.60. The van der Waals surface area contributed by atoms with Crippen molar-refractivity contribution in [3.05, 3.63) is 84.6 Å². The Kier molecular flexibility index (Phi) is 6.34. The zero-order valence-electron chi connectivity index (χ0n) is 18.3. The van der Waals surface area contributed by atoms with Gasteiger partial charge >= 0.3 is 0 Å². The minimum Gasteiger partial charge on any atom is -0.457 e. The van der Waals surface area contributed by atoms with Gasteiger partial charge in [0.2, 0.25) is 0 Å². The van der Waals surface area contributed by atoms with Gasteiger partial charge in [0.25, 0.3) is 0 Å². The van der Waals surface area contributed by atoms with Crippen LogP contribution in [0.4, 0.5) is 5.82 Å². The van der Waals surface area contributed by atoms with Gasteiger partial charge in [0.15, 0.2) is 0 Å². The summed E-state index contributed by atoms with van der Waals surface area (Å²) in [6, 6.07) is 24.3. The van der Waals surface area contributed by atoms with Crippen LogP contribution in [0.5, 0.6) is 11.5 Å². The maximum Gasteiger partial charge on any atom is 0.128 e. The number of aliphatic hydroxyl groups is 1. The van der Waals surface area contributed by atoms with Crippen LogP contribution in [0.15, 0.2) is 79.0 Å². The molecule has 2 aliphatic rings. The van der Waals surface area contributed by atoms with Crippen LogP contribution in [0, 0.1) is 0 Å². The van der Waals surface area contributed by atoms with E-state index in [1.165, 1.54) is 5.56 Å². The quantitative estimate of drug-likeness (QED) is 0.648. The summed E-state index contributed by atoms with van der Waals surface area (Å²) >= 11 is 0. The molecule has 0 amide bonds. The van der Waals surface area contributed by atoms with E-state index in [0.29, 0.717) is 6.54 Å². The topological polar surface area (TPSA) is 52.1 Å². The Morgan fingerprint density at radius 3 is 2.41 bits per heavy atom. The molecule has 2 aliphatic heterocycles. The lowest BCUT2D eigenvalue weighted by Gasteiger charge is -2.39. The third kappa shape index (κ3) is 4.93. The SMILES string of the molecule is O[C@@H]1CN(Cc2cccc(Oc3ccccc3)c2)C[C@H]1N1CCN(c2ccccn2)CC1. The summed E-state index contributed by atoms with van der Waals surface area (Å²) in [6.07, 6.45) is 1.53. The number of para-hydroxylation sites is 1. The number of benzene rings is 2. The van der Waals surface area contributed by atoms with E-state index in [4.69, 9.17) is 4.74 Å². The first-order valence-corrected chi connectivity index (χ1v) is 11.4. The molecule has 6 nitrogen and oxygen atoms in total. The highest BCUT2D eigenvalue weighted by Crippen LogP contribution is 2.25. The van der Waals surface area contributed by atoms with E-state index in [-0.39, 0.29) is 12.1 Å². The van der Waals surface area contributed by atoms with Crippen LogP contribution in [0.2, 0.25) is 0 Å². The summed E-state index contributed by atoms with van der Waals surface area (Å²) in [5.74, 6) is 2.72. The molecule has 0 unspecified atom stereocenters. The highest BCUT2D eigenvalue weighted by molar-refractivity contribution is 5.38. The van der Waals surface area contributed by atoms with Crippen LogP contribution in [0.1, 0.15) is 5.56 Å². The Morgan fingerprint density at radius 1 is 0.844 bits per heavy atom. The largest absolute Gasteiger partial charge is 0.457 e. The number of anilines is 1. The van der Waals surface area contributed by atoms with Gasteiger partial charge in [-0.25, -0.2) is 4.98 Å². The van der Waals surface area contributed by atoms with E-state index in [1.807, 2.05) is 60.8 Å². The smallest absolute Gasteiger partial charge is 0.128 e. The molecule has 2 fully saturated rings. The molecule has 166 valence electrons. The van der Waals surface area contributed by atoms with Gasteiger partial charge in [-0.2, -0.15) is 0 Å². The third-order valence-corrected chi connectivity index (χ3v) is 6.37. The van der Waals surface area contributed by atoms with Crippen LogP contribution in [-0.4, -0.2) is 71.3 Å². The van der Waals surface area contributed by atoms with Gasteiger partial charge in [-0.1, -0.05) is 36.4 Å². The summed E-state index contributed by atoms with van der Waals surface area (Å²) in [5.41, 5.74) is 1.20. The summed E-state index contributed by atoms with van der Waals surface area (Å²) in [4.78, 5) is 11.6. The second kappa shape index (κ2) is 9.69. The van der Waals surface area contributed by atoms with Crippen LogP contribution in [0.25, 0.3) is 0 Å². The molecular weight excluding hydrogens is 400 g/mol. The summed E-state index contributed by atoms with van der Waals surface area (Å²) in [7, 11) is 0. The predicted octanol–water partition coefficient (Wildman–Crippen LogP) is 3.24. The van der Waals surface area contributed by atoms with Crippen molar-refractivity contribution in [3.63, 3.8) is 0 Å². The molecule has 3 heterocycles. The minimum atomic E-state index is -0.319. The highest BCUT2D eigenvalue weighted by Gasteiger charge is 2.36. The number of hydrogen-bond donors (Lipinski definition) is 1. The molecular formula is C26H30N4O2. The Labute approximate surface area is 189 Å². The van der Waals surface area contributed by atoms with E-state index in [1.54, 1.807) is 0 Å². The van der Waals surface area contributed by atoms with Crippen LogP contribution < -0.4 is 9.64 Å². The van der Waals surface area contributed by atoms with Gasteiger partial charge in [-0.05, 0) is 42.0 Å². The third-order valence-electron chi connectivity index (χ3n) is 6.37. The van der Waals surface area contributed by atoms with Crippen molar-refractivity contribution in [3.8, 4) is 11.5 Å². The van der Waals surface area contributed by atoms with Crippen molar-refractivity contribution in [2.45, 2.75) is 18.7 Å². The number of β-amino-alcohol motifs (C(OH)–C–C–N with tert-alkyl or cyclic N) is 1. The molecule has 0 radical (unpaired) electrons. The Balaban J connectivity index is 1.16. The number of piperazine rings is 1. The average Bonchev–Trinajstić information content (AvgIpc) is 3.20. The fourth-order valence-corrected chi connectivity index (χ4v) is 4.75. The Morgan fingerprint density at radius 2 is 1.62 bits per heavy atom. The first kappa shape index (κ1) is 20.9. The van der Waals surface area contributed by atoms with E-state index < -0.39 is 0 Å². The monoisotopic (exact) mass is 430 g/mol. The van der Waals surface area contributed by atoms with Crippen molar-refractivity contribution in [2.24, 2.45) is 0 Å². The molecule has 32 heavy (non-hydrogen) atoms. The van der Waals surface area contributed by atoms with Crippen molar-refractivity contribution < 1.29 is 9.84 Å². The summed E-state index contributed by atoms with van der Waals surface area (Å²) < 4.78 is 5.98. The van der Waals surface area contributed by atoms with Gasteiger partial charge in [0, 0.05) is 58.1 Å². The number of ether oxygens (including phenoxy) is 1. The zero-order valence-corrected chi connectivity index (χ0v) is 18.3. The van der Waals surface area contributed by atoms with Gasteiger partial charge < -0.3 is 14.7 Å². The van der Waals surface area contributed by atoms with E-state index in [2.05, 4.69) is 37.9 Å². The van der Waals surface area contributed by atoms with Crippen LogP contribution in [-0.2, 0) is 6.54 Å². The van der Waals surface area contributed by atoms with Gasteiger partial charge in [-0.15, -0.1) is 0 Å². The van der Waals surface area contributed by atoms with E-state index >= 15 is 0 Å². The normalized spacial score (nSPS) is 22.2. The number of aliphatic hydroxyl groups excluding tert-OH is 1. The van der Waals surface area contributed by atoms with Gasteiger partial charge in [0.05, 0.1) is 6.10 Å². The minimum absolute atomic E-state index is 0.185. The Bertz CT molecular complexity index is 993. The molecule has 6 heteroatoms. The average molecular weight is 431 g/mol. The van der Waals surface area contributed by atoms with Crippen LogP contribution >= 0.6 is 0 Å². The maximum atomic E-state index is 10.8. The molecule has 0 aliphatic carbocycles. The molecule has 2 atom stereocenters. The fraction of sp³-hybridized carbons (Fsp3) is 0.346. The number of likely N-dealkylation sites (tertiary alicyclic amines) is 1. The molecule has 0 spiro atoms. The van der Waals surface area contributed by atoms with Crippen LogP contribution in [0.3, 0.4) is 0 Å². The van der Waals surface area contributed by atoms with Crippen molar-refractivity contribution in [1.29, 1.82) is 0 Å². The van der Waals surface area contributed by atoms with Crippen molar-refractivity contribution >= 4 is 5.82 Å². The number of hydrogen-bond acceptors (Lipinski definition) is 6. The first-order chi connectivity index (χ1) is 15.7. The molecule has 2 saturated heterocycles. The molecule has 0 bridgehead atoms. The van der Waals surface area contributed by atoms with E-state index in [9.17, 15) is 5.11 Å². The van der Waals surface area contributed by atoms with Gasteiger partial charge in [-0.3, -0.25) is 9.80 Å². The number of rotatable bonds is 6. The maximum absolute atomic E-state index is 10.8. The van der Waals surface area contributed by atoms with E-state index in [0.717, 1.165) is 56.6 Å². The standard InChI is InChI=1S/C26H30N4O2/c31-25-20-28(18-21-7-6-10-23(17-21)32-22-8-2-1-3-9-22)19-24(25)29-13-15-30(16-14-29)26-11-4-5-12-27-26/h1-12,17,24-25,31H,13-16,18-20H2/t24-,25-/m1/s1. The molecule has 3 aromatic rings. The lowest BCUT2D eigenvalue weighted by molar-refractivity contribution is 0.0790.